The lowest BCUT2D eigenvalue weighted by Gasteiger charge is -2.21. The fourth-order valence-corrected chi connectivity index (χ4v) is 3.80. The molecule has 22 heavy (non-hydrogen) atoms. The third-order valence-electron chi connectivity index (χ3n) is 3.61. The van der Waals surface area contributed by atoms with Crippen molar-refractivity contribution in [3.63, 3.8) is 0 Å². The average molecular weight is 316 g/mol. The number of aromatic amines is 1. The van der Waals surface area contributed by atoms with Crippen molar-refractivity contribution in [2.45, 2.75) is 4.90 Å². The van der Waals surface area contributed by atoms with Crippen molar-refractivity contribution in [3.8, 4) is 5.75 Å². The molecule has 1 aromatic heterocycles. The van der Waals surface area contributed by atoms with E-state index < -0.39 is 10.0 Å². The summed E-state index contributed by atoms with van der Waals surface area (Å²) in [4.78, 5) is 3.23. The highest BCUT2D eigenvalue weighted by atomic mass is 32.2. The van der Waals surface area contributed by atoms with Crippen LogP contribution in [0.15, 0.2) is 59.6 Å². The lowest BCUT2D eigenvalue weighted by atomic mass is 10.2. The van der Waals surface area contributed by atoms with Crippen LogP contribution in [0.25, 0.3) is 10.9 Å². The molecule has 0 spiro atoms. The van der Waals surface area contributed by atoms with Crippen molar-refractivity contribution >= 4 is 26.6 Å². The van der Waals surface area contributed by atoms with Gasteiger partial charge < -0.3 is 9.72 Å². The lowest BCUT2D eigenvalue weighted by Crippen LogP contribution is -2.27. The Kier molecular flexibility index (Phi) is 3.54. The fraction of sp³-hybridized carbons (Fsp3) is 0.125. The Morgan fingerprint density at radius 3 is 2.59 bits per heavy atom. The molecule has 0 radical (unpaired) electrons. The predicted octanol–water partition coefficient (Wildman–Crippen LogP) is 3.00. The zero-order chi connectivity index (χ0) is 15.7. The van der Waals surface area contributed by atoms with E-state index in [1.165, 1.54) is 18.5 Å². The molecule has 114 valence electrons. The van der Waals surface area contributed by atoms with E-state index in [0.717, 1.165) is 10.9 Å². The Morgan fingerprint density at radius 2 is 1.82 bits per heavy atom. The summed E-state index contributed by atoms with van der Waals surface area (Å²) in [5, 5.41) is 0.958. The number of nitrogens with zero attached hydrogens (tertiary/aromatic N) is 1. The minimum absolute atomic E-state index is 0.142. The minimum atomic E-state index is -3.72. The van der Waals surface area contributed by atoms with E-state index >= 15 is 0 Å². The van der Waals surface area contributed by atoms with E-state index in [1.54, 1.807) is 36.5 Å². The maximum Gasteiger partial charge on any atom is 0.267 e. The fourth-order valence-electron chi connectivity index (χ4n) is 2.44. The van der Waals surface area contributed by atoms with Crippen molar-refractivity contribution in [1.82, 2.24) is 4.98 Å². The number of methoxy groups -OCH3 is 1. The number of ether oxygens (including phenoxy) is 1. The van der Waals surface area contributed by atoms with Crippen LogP contribution >= 0.6 is 0 Å². The summed E-state index contributed by atoms with van der Waals surface area (Å²) < 4.78 is 32.3. The third kappa shape index (κ3) is 2.21. The highest BCUT2D eigenvalue weighted by molar-refractivity contribution is 7.93. The first-order valence-corrected chi connectivity index (χ1v) is 8.18. The number of para-hydroxylation sites is 2. The van der Waals surface area contributed by atoms with Gasteiger partial charge >= 0.3 is 0 Å². The summed E-state index contributed by atoms with van der Waals surface area (Å²) in [5.74, 6) is 0.327. The molecule has 0 saturated carbocycles. The number of anilines is 1. The van der Waals surface area contributed by atoms with Crippen LogP contribution in [0, 0.1) is 0 Å². The van der Waals surface area contributed by atoms with Crippen molar-refractivity contribution in [2.24, 2.45) is 0 Å². The van der Waals surface area contributed by atoms with Gasteiger partial charge in [0.15, 0.2) is 0 Å². The normalized spacial score (nSPS) is 11.5. The topological polar surface area (TPSA) is 62.4 Å². The van der Waals surface area contributed by atoms with Gasteiger partial charge in [-0.25, -0.2) is 8.42 Å². The van der Waals surface area contributed by atoms with Crippen LogP contribution in [-0.2, 0) is 10.0 Å². The molecular formula is C16H16N2O3S. The maximum atomic E-state index is 12.9. The van der Waals surface area contributed by atoms with Gasteiger partial charge in [-0.15, -0.1) is 0 Å². The van der Waals surface area contributed by atoms with Crippen molar-refractivity contribution in [1.29, 1.82) is 0 Å². The average Bonchev–Trinajstić information content (AvgIpc) is 3.02. The number of hydrogen-bond donors (Lipinski definition) is 1. The highest BCUT2D eigenvalue weighted by Gasteiger charge is 2.26. The summed E-state index contributed by atoms with van der Waals surface area (Å²) in [6.45, 7) is 0. The Labute approximate surface area is 129 Å². The molecule has 0 fully saturated rings. The molecule has 1 heterocycles. The number of hydrogen-bond acceptors (Lipinski definition) is 3. The molecular weight excluding hydrogens is 300 g/mol. The first kappa shape index (κ1) is 14.5. The number of fused-ring (bicyclic) bond motifs is 1. The number of H-pyrrole nitrogens is 1. The van der Waals surface area contributed by atoms with Gasteiger partial charge in [-0.05, 0) is 24.3 Å². The second-order valence-corrected chi connectivity index (χ2v) is 6.78. The molecule has 0 unspecified atom stereocenters. The molecule has 0 aliphatic rings. The molecule has 0 aliphatic heterocycles. The van der Waals surface area contributed by atoms with Crippen LogP contribution in [0.4, 0.5) is 5.69 Å². The molecule has 0 amide bonds. The molecule has 0 bridgehead atoms. The van der Waals surface area contributed by atoms with Crippen LogP contribution in [-0.4, -0.2) is 27.6 Å². The van der Waals surface area contributed by atoms with Gasteiger partial charge in [-0.2, -0.15) is 0 Å². The molecule has 3 aromatic rings. The van der Waals surface area contributed by atoms with E-state index in [-0.39, 0.29) is 4.90 Å². The van der Waals surface area contributed by atoms with Crippen LogP contribution < -0.4 is 9.04 Å². The maximum absolute atomic E-state index is 12.9. The summed E-state index contributed by atoms with van der Waals surface area (Å²) in [7, 11) is -0.718. The van der Waals surface area contributed by atoms with Crippen LogP contribution in [0.1, 0.15) is 0 Å². The number of rotatable bonds is 4. The third-order valence-corrected chi connectivity index (χ3v) is 5.42. The molecule has 2 aromatic carbocycles. The van der Waals surface area contributed by atoms with E-state index in [9.17, 15) is 8.42 Å². The quantitative estimate of drug-likeness (QED) is 0.805. The second-order valence-electron chi connectivity index (χ2n) is 4.84. The van der Waals surface area contributed by atoms with E-state index in [2.05, 4.69) is 4.98 Å². The first-order chi connectivity index (χ1) is 10.6. The van der Waals surface area contributed by atoms with Gasteiger partial charge in [0, 0.05) is 18.6 Å². The van der Waals surface area contributed by atoms with Crippen molar-refractivity contribution in [2.75, 3.05) is 18.5 Å². The summed E-state index contributed by atoms with van der Waals surface area (Å²) in [6.07, 6.45) is 1.79. The Morgan fingerprint density at radius 1 is 1.05 bits per heavy atom. The first-order valence-electron chi connectivity index (χ1n) is 6.74. The molecule has 0 saturated heterocycles. The monoisotopic (exact) mass is 316 g/mol. The van der Waals surface area contributed by atoms with Crippen LogP contribution in [0.5, 0.6) is 5.75 Å². The van der Waals surface area contributed by atoms with Crippen LogP contribution in [0.3, 0.4) is 0 Å². The standard InChI is InChI=1S/C16H16N2O3S/c1-18(13-7-5-6-12-10-11-17-16(12)13)22(19,20)15-9-4-3-8-14(15)21-2/h3-11,17H,1-2H3. The van der Waals surface area contributed by atoms with Gasteiger partial charge in [-0.1, -0.05) is 24.3 Å². The number of sulfonamides is 1. The van der Waals surface area contributed by atoms with Gasteiger partial charge in [0.1, 0.15) is 10.6 Å². The number of aromatic nitrogens is 1. The largest absolute Gasteiger partial charge is 0.495 e. The van der Waals surface area contributed by atoms with Crippen molar-refractivity contribution < 1.29 is 13.2 Å². The minimum Gasteiger partial charge on any atom is -0.495 e. The smallest absolute Gasteiger partial charge is 0.267 e. The molecule has 1 N–H and O–H groups in total. The van der Waals surface area contributed by atoms with Gasteiger partial charge in [0.2, 0.25) is 0 Å². The summed E-state index contributed by atoms with van der Waals surface area (Å²) >= 11 is 0. The molecule has 0 atom stereocenters. The zero-order valence-corrected chi connectivity index (χ0v) is 13.1. The van der Waals surface area contributed by atoms with Gasteiger partial charge in [0.05, 0.1) is 18.3 Å². The summed E-state index contributed by atoms with van der Waals surface area (Å²) in [5.41, 5.74) is 1.37. The molecule has 5 nitrogen and oxygen atoms in total. The lowest BCUT2D eigenvalue weighted by molar-refractivity contribution is 0.402. The predicted molar refractivity (Wildman–Crippen MR) is 86.9 cm³/mol. The van der Waals surface area contributed by atoms with E-state index in [0.29, 0.717) is 11.4 Å². The Balaban J connectivity index is 2.15. The van der Waals surface area contributed by atoms with E-state index in [4.69, 9.17) is 4.74 Å². The van der Waals surface area contributed by atoms with Gasteiger partial charge in [0.25, 0.3) is 10.0 Å². The molecule has 3 rings (SSSR count). The summed E-state index contributed by atoms with van der Waals surface area (Å²) in [6, 6.07) is 14.0. The van der Waals surface area contributed by atoms with Crippen molar-refractivity contribution in [3.05, 3.63) is 54.7 Å². The SMILES string of the molecule is COc1ccccc1S(=O)(=O)N(C)c1cccc2cc[nH]c12. The Bertz CT molecular complexity index is 916. The number of nitrogens with one attached hydrogen (secondary N) is 1. The molecule has 6 heteroatoms. The second kappa shape index (κ2) is 5.38. The zero-order valence-electron chi connectivity index (χ0n) is 12.3. The van der Waals surface area contributed by atoms with Crippen LogP contribution in [0.2, 0.25) is 0 Å². The highest BCUT2D eigenvalue weighted by Crippen LogP contribution is 2.32. The van der Waals surface area contributed by atoms with E-state index in [1.807, 2.05) is 18.2 Å². The van der Waals surface area contributed by atoms with Gasteiger partial charge in [-0.3, -0.25) is 4.31 Å². The Hall–Kier alpha value is -2.47. The number of benzene rings is 2. The molecule has 0 aliphatic carbocycles.